The van der Waals surface area contributed by atoms with E-state index in [0.29, 0.717) is 30.0 Å². The van der Waals surface area contributed by atoms with Crippen LogP contribution in [0.4, 0.5) is 0 Å². The Hall–Kier alpha value is -2.54. The fourth-order valence-electron chi connectivity index (χ4n) is 4.10. The van der Waals surface area contributed by atoms with Crippen LogP contribution in [0.3, 0.4) is 0 Å². The molecule has 1 aromatic carbocycles. The molecule has 0 bridgehead atoms. The molecule has 4 rings (SSSR count). The normalized spacial score (nSPS) is 17.5. The lowest BCUT2D eigenvalue weighted by atomic mass is 9.93. The zero-order valence-electron chi connectivity index (χ0n) is 17.5. The Balaban J connectivity index is 1.65. The number of nitrogens with zero attached hydrogens (tertiary/aromatic N) is 1. The van der Waals surface area contributed by atoms with Crippen LogP contribution in [0.15, 0.2) is 35.7 Å². The first-order valence-corrected chi connectivity index (χ1v) is 11.4. The number of thiophene rings is 1. The summed E-state index contributed by atoms with van der Waals surface area (Å²) in [7, 11) is 0. The van der Waals surface area contributed by atoms with E-state index in [0.717, 1.165) is 30.6 Å². The zero-order chi connectivity index (χ0) is 21.1. The highest BCUT2D eigenvalue weighted by Gasteiger charge is 2.42. The maximum atomic E-state index is 13.7. The quantitative estimate of drug-likeness (QED) is 0.712. The van der Waals surface area contributed by atoms with Crippen LogP contribution >= 0.6 is 11.3 Å². The van der Waals surface area contributed by atoms with Gasteiger partial charge in [0, 0.05) is 16.5 Å². The van der Waals surface area contributed by atoms with E-state index >= 15 is 0 Å². The molecule has 1 fully saturated rings. The third kappa shape index (κ3) is 4.03. The van der Waals surface area contributed by atoms with Crippen LogP contribution in [0.5, 0.6) is 11.5 Å². The number of hydrogen-bond acceptors (Lipinski definition) is 5. The van der Waals surface area contributed by atoms with Gasteiger partial charge in [0.1, 0.15) is 5.54 Å². The molecule has 1 aliphatic heterocycles. The van der Waals surface area contributed by atoms with Crippen LogP contribution in [0.25, 0.3) is 0 Å². The van der Waals surface area contributed by atoms with Crippen molar-refractivity contribution < 1.29 is 19.1 Å². The minimum absolute atomic E-state index is 0.0810. The van der Waals surface area contributed by atoms with Crippen molar-refractivity contribution in [1.29, 1.82) is 0 Å². The van der Waals surface area contributed by atoms with E-state index in [1.54, 1.807) is 34.4 Å². The molecule has 1 aliphatic carbocycles. The molecule has 7 heteroatoms. The van der Waals surface area contributed by atoms with E-state index in [-0.39, 0.29) is 24.6 Å². The zero-order valence-corrected chi connectivity index (χ0v) is 18.3. The molecule has 0 spiro atoms. The fourth-order valence-corrected chi connectivity index (χ4v) is 4.79. The second-order valence-electron chi connectivity index (χ2n) is 8.12. The first kappa shape index (κ1) is 20.7. The van der Waals surface area contributed by atoms with Crippen molar-refractivity contribution in [2.45, 2.75) is 64.1 Å². The van der Waals surface area contributed by atoms with Gasteiger partial charge in [-0.2, -0.15) is 0 Å². The molecule has 0 unspecified atom stereocenters. The summed E-state index contributed by atoms with van der Waals surface area (Å²) in [6.07, 6.45) is 4.82. The Morgan fingerprint density at radius 2 is 1.97 bits per heavy atom. The maximum Gasteiger partial charge on any atom is 0.255 e. The topological polar surface area (TPSA) is 67.9 Å². The Morgan fingerprint density at radius 1 is 1.20 bits per heavy atom. The monoisotopic (exact) mass is 428 g/mol. The third-order valence-electron chi connectivity index (χ3n) is 6.22. The van der Waals surface area contributed by atoms with E-state index in [1.807, 2.05) is 31.4 Å². The number of rotatable bonds is 7. The van der Waals surface area contributed by atoms with Crippen molar-refractivity contribution in [1.82, 2.24) is 10.2 Å². The molecule has 0 radical (unpaired) electrons. The van der Waals surface area contributed by atoms with Crippen molar-refractivity contribution in [3.8, 4) is 11.5 Å². The minimum Gasteiger partial charge on any atom is -0.454 e. The Labute approximate surface area is 181 Å². The van der Waals surface area contributed by atoms with Gasteiger partial charge in [0.25, 0.3) is 5.91 Å². The first-order chi connectivity index (χ1) is 14.5. The van der Waals surface area contributed by atoms with Gasteiger partial charge in [-0.05, 0) is 55.8 Å². The number of carbonyl (C=O) groups is 2. The highest BCUT2D eigenvalue weighted by molar-refractivity contribution is 7.09. The average Bonchev–Trinajstić information content (AvgIpc) is 3.53. The van der Waals surface area contributed by atoms with Gasteiger partial charge < -0.3 is 19.7 Å². The predicted molar refractivity (Wildman–Crippen MR) is 116 cm³/mol. The molecule has 30 heavy (non-hydrogen) atoms. The molecule has 2 heterocycles. The number of carbonyl (C=O) groups excluding carboxylic acids is 2. The van der Waals surface area contributed by atoms with Crippen LogP contribution < -0.4 is 14.8 Å². The molecule has 2 amide bonds. The molecule has 0 saturated heterocycles. The SMILES string of the molecule is CC[C@](C)(C(=O)NC1CCCC1)N(Cc1cccs1)C(=O)c1ccc2c(c1)OCO2. The molecule has 2 aromatic rings. The standard InChI is InChI=1S/C23H28N2O4S/c1-3-23(2,22(27)24-17-7-4-5-8-17)25(14-18-9-6-12-30-18)21(26)16-10-11-19-20(13-16)29-15-28-19/h6,9-13,17H,3-5,7-8,14-15H2,1-2H3,(H,24,27)/t23-/m1/s1. The van der Waals surface area contributed by atoms with E-state index in [4.69, 9.17) is 9.47 Å². The Bertz CT molecular complexity index is 908. The van der Waals surface area contributed by atoms with Crippen molar-refractivity contribution >= 4 is 23.2 Å². The van der Waals surface area contributed by atoms with Crippen molar-refractivity contribution in [2.75, 3.05) is 6.79 Å². The summed E-state index contributed by atoms with van der Waals surface area (Å²) in [6, 6.07) is 9.35. The van der Waals surface area contributed by atoms with Crippen LogP contribution in [-0.4, -0.2) is 35.1 Å². The highest BCUT2D eigenvalue weighted by atomic mass is 32.1. The summed E-state index contributed by atoms with van der Waals surface area (Å²) >= 11 is 1.58. The summed E-state index contributed by atoms with van der Waals surface area (Å²) in [5, 5.41) is 5.19. The Kier molecular flexibility index (Phi) is 5.99. The number of benzene rings is 1. The molecular weight excluding hydrogens is 400 g/mol. The summed E-state index contributed by atoms with van der Waals surface area (Å²) in [6.45, 7) is 4.37. The number of ether oxygens (including phenoxy) is 2. The molecule has 1 N–H and O–H groups in total. The average molecular weight is 429 g/mol. The van der Waals surface area contributed by atoms with Crippen LogP contribution in [0.2, 0.25) is 0 Å². The third-order valence-corrected chi connectivity index (χ3v) is 7.08. The van der Waals surface area contributed by atoms with Gasteiger partial charge in [0.05, 0.1) is 6.54 Å². The van der Waals surface area contributed by atoms with E-state index in [2.05, 4.69) is 5.32 Å². The van der Waals surface area contributed by atoms with Gasteiger partial charge in [-0.1, -0.05) is 25.8 Å². The molecule has 1 atom stereocenters. The molecule has 2 aliphatic rings. The van der Waals surface area contributed by atoms with E-state index in [9.17, 15) is 9.59 Å². The minimum atomic E-state index is -0.958. The molecular formula is C23H28N2O4S. The van der Waals surface area contributed by atoms with Gasteiger partial charge in [-0.3, -0.25) is 9.59 Å². The molecule has 1 aromatic heterocycles. The van der Waals surface area contributed by atoms with Gasteiger partial charge >= 0.3 is 0 Å². The van der Waals surface area contributed by atoms with E-state index in [1.165, 1.54) is 0 Å². The number of amides is 2. The van der Waals surface area contributed by atoms with Crippen molar-refractivity contribution in [3.05, 3.63) is 46.2 Å². The van der Waals surface area contributed by atoms with Gasteiger partial charge in [0.15, 0.2) is 11.5 Å². The van der Waals surface area contributed by atoms with Crippen molar-refractivity contribution in [2.24, 2.45) is 0 Å². The van der Waals surface area contributed by atoms with E-state index < -0.39 is 5.54 Å². The number of hydrogen-bond donors (Lipinski definition) is 1. The summed E-state index contributed by atoms with van der Waals surface area (Å²) in [5.74, 6) is 0.925. The van der Waals surface area contributed by atoms with Crippen LogP contribution in [0, 0.1) is 0 Å². The largest absolute Gasteiger partial charge is 0.454 e. The lowest BCUT2D eigenvalue weighted by Gasteiger charge is -2.40. The Morgan fingerprint density at radius 3 is 2.67 bits per heavy atom. The fraction of sp³-hybridized carbons (Fsp3) is 0.478. The van der Waals surface area contributed by atoms with Gasteiger partial charge in [0.2, 0.25) is 12.7 Å². The lowest BCUT2D eigenvalue weighted by Crippen LogP contribution is -2.59. The summed E-state index contributed by atoms with van der Waals surface area (Å²) in [5.41, 5.74) is -0.468. The van der Waals surface area contributed by atoms with Crippen molar-refractivity contribution in [3.63, 3.8) is 0 Å². The summed E-state index contributed by atoms with van der Waals surface area (Å²) < 4.78 is 10.8. The predicted octanol–water partition coefficient (Wildman–Crippen LogP) is 4.35. The van der Waals surface area contributed by atoms with Gasteiger partial charge in [-0.25, -0.2) is 0 Å². The van der Waals surface area contributed by atoms with Crippen LogP contribution in [-0.2, 0) is 11.3 Å². The van der Waals surface area contributed by atoms with Gasteiger partial charge in [-0.15, -0.1) is 11.3 Å². The number of nitrogens with one attached hydrogen (secondary N) is 1. The van der Waals surface area contributed by atoms with Crippen LogP contribution in [0.1, 0.15) is 61.2 Å². The molecule has 160 valence electrons. The molecule has 6 nitrogen and oxygen atoms in total. The molecule has 1 saturated carbocycles. The first-order valence-electron chi connectivity index (χ1n) is 10.6. The second-order valence-corrected chi connectivity index (χ2v) is 9.15. The lowest BCUT2D eigenvalue weighted by molar-refractivity contribution is -0.132. The highest BCUT2D eigenvalue weighted by Crippen LogP contribution is 2.34. The summed E-state index contributed by atoms with van der Waals surface area (Å²) in [4.78, 5) is 29.8. The smallest absolute Gasteiger partial charge is 0.255 e. The maximum absolute atomic E-state index is 13.7. The second kappa shape index (κ2) is 8.68. The number of fused-ring (bicyclic) bond motifs is 1.